The molecule has 0 radical (unpaired) electrons. The van der Waals surface area contributed by atoms with Crippen LogP contribution < -0.4 is 5.32 Å². The van der Waals surface area contributed by atoms with Gasteiger partial charge in [-0.25, -0.2) is 0 Å². The maximum Gasteiger partial charge on any atom is 0.252 e. The van der Waals surface area contributed by atoms with Crippen molar-refractivity contribution in [2.45, 2.75) is 31.7 Å². The minimum atomic E-state index is 0.0199. The number of carbonyl (C=O) groups excluding carboxylic acids is 1. The van der Waals surface area contributed by atoms with Crippen molar-refractivity contribution in [3.8, 4) is 0 Å². The lowest BCUT2D eigenvalue weighted by Gasteiger charge is -2.31. The van der Waals surface area contributed by atoms with Crippen LogP contribution >= 0.6 is 15.9 Å². The molecule has 1 amide bonds. The monoisotopic (exact) mass is 346 g/mol. The number of pyridine rings is 1. The van der Waals surface area contributed by atoms with Gasteiger partial charge in [-0.2, -0.15) is 0 Å². The molecule has 1 aliphatic carbocycles. The Morgan fingerprint density at radius 2 is 2.05 bits per heavy atom. The normalized spacial score (nSPS) is 22.1. The van der Waals surface area contributed by atoms with Crippen molar-refractivity contribution in [3.05, 3.63) is 42.1 Å². The first-order valence-electron chi connectivity index (χ1n) is 7.50. The zero-order valence-electron chi connectivity index (χ0n) is 11.9. The molecule has 3 rings (SSSR count). The summed E-state index contributed by atoms with van der Waals surface area (Å²) in [5.74, 6) is 0.558. The Morgan fingerprint density at radius 3 is 2.90 bits per heavy atom. The maximum absolute atomic E-state index is 12.6. The Hall–Kier alpha value is -1.42. The third kappa shape index (κ3) is 3.10. The summed E-state index contributed by atoms with van der Waals surface area (Å²) in [5, 5.41) is 5.11. The standard InChI is InChI=1S/C17H19BrN2O/c18-11-12-5-1-3-7-15(12)20-17(21)14-9-10-19-16-8-4-2-6-13(14)16/h2,4,6,8-10,12,15H,1,3,5,7,11H2,(H,20,21). The van der Waals surface area contributed by atoms with Gasteiger partial charge in [-0.1, -0.05) is 47.0 Å². The number of rotatable bonds is 3. The van der Waals surface area contributed by atoms with Gasteiger partial charge in [0.15, 0.2) is 0 Å². The average molecular weight is 347 g/mol. The van der Waals surface area contributed by atoms with Crippen LogP contribution in [0.5, 0.6) is 0 Å². The van der Waals surface area contributed by atoms with E-state index in [9.17, 15) is 4.79 Å². The number of amides is 1. The van der Waals surface area contributed by atoms with Crippen LogP contribution in [0, 0.1) is 5.92 Å². The van der Waals surface area contributed by atoms with Crippen LogP contribution in [0.3, 0.4) is 0 Å². The fourth-order valence-electron chi connectivity index (χ4n) is 3.12. The van der Waals surface area contributed by atoms with E-state index in [4.69, 9.17) is 0 Å². The van der Waals surface area contributed by atoms with Crippen LogP contribution in [-0.4, -0.2) is 22.3 Å². The molecular weight excluding hydrogens is 328 g/mol. The third-order valence-electron chi connectivity index (χ3n) is 4.32. The van der Waals surface area contributed by atoms with Crippen LogP contribution in [-0.2, 0) is 0 Å². The summed E-state index contributed by atoms with van der Waals surface area (Å²) in [6.45, 7) is 0. The summed E-state index contributed by atoms with van der Waals surface area (Å²) < 4.78 is 0. The van der Waals surface area contributed by atoms with E-state index >= 15 is 0 Å². The summed E-state index contributed by atoms with van der Waals surface area (Å²) in [4.78, 5) is 16.9. The van der Waals surface area contributed by atoms with E-state index in [0.717, 1.165) is 28.2 Å². The second kappa shape index (κ2) is 6.56. The second-order valence-electron chi connectivity index (χ2n) is 5.65. The molecular formula is C17H19BrN2O. The molecule has 110 valence electrons. The van der Waals surface area contributed by atoms with E-state index in [1.165, 1.54) is 19.3 Å². The van der Waals surface area contributed by atoms with Crippen molar-refractivity contribution in [3.63, 3.8) is 0 Å². The Kier molecular flexibility index (Phi) is 4.54. The molecule has 1 fully saturated rings. The molecule has 1 N–H and O–H groups in total. The smallest absolute Gasteiger partial charge is 0.252 e. The lowest BCUT2D eigenvalue weighted by molar-refractivity contribution is 0.0913. The summed E-state index contributed by atoms with van der Waals surface area (Å²) in [7, 11) is 0. The minimum Gasteiger partial charge on any atom is -0.349 e. The fourth-order valence-corrected chi connectivity index (χ4v) is 3.90. The van der Waals surface area contributed by atoms with E-state index in [2.05, 4.69) is 26.2 Å². The molecule has 2 aromatic rings. The van der Waals surface area contributed by atoms with Gasteiger partial charge in [-0.15, -0.1) is 0 Å². The topological polar surface area (TPSA) is 42.0 Å². The Balaban J connectivity index is 1.84. The number of nitrogens with one attached hydrogen (secondary N) is 1. The number of carbonyl (C=O) groups is 1. The zero-order valence-corrected chi connectivity index (χ0v) is 13.5. The average Bonchev–Trinajstić information content (AvgIpc) is 2.54. The lowest BCUT2D eigenvalue weighted by atomic mass is 9.85. The van der Waals surface area contributed by atoms with Gasteiger partial charge in [0.05, 0.1) is 11.1 Å². The number of fused-ring (bicyclic) bond motifs is 1. The predicted octanol–water partition coefficient (Wildman–Crippen LogP) is 3.92. The highest BCUT2D eigenvalue weighted by Gasteiger charge is 2.26. The zero-order chi connectivity index (χ0) is 14.7. The van der Waals surface area contributed by atoms with Crippen molar-refractivity contribution in [1.29, 1.82) is 0 Å². The van der Waals surface area contributed by atoms with Gasteiger partial charge < -0.3 is 5.32 Å². The van der Waals surface area contributed by atoms with E-state index < -0.39 is 0 Å². The number of halogens is 1. The molecule has 21 heavy (non-hydrogen) atoms. The number of alkyl halides is 1. The highest BCUT2D eigenvalue weighted by molar-refractivity contribution is 9.09. The van der Waals surface area contributed by atoms with Crippen LogP contribution in [0.1, 0.15) is 36.0 Å². The van der Waals surface area contributed by atoms with E-state index in [1.54, 1.807) is 6.20 Å². The van der Waals surface area contributed by atoms with Gasteiger partial charge in [-0.3, -0.25) is 9.78 Å². The molecule has 1 heterocycles. The van der Waals surface area contributed by atoms with Crippen molar-refractivity contribution < 1.29 is 4.79 Å². The van der Waals surface area contributed by atoms with Gasteiger partial charge in [0.25, 0.3) is 5.91 Å². The Bertz CT molecular complexity index is 638. The van der Waals surface area contributed by atoms with Crippen molar-refractivity contribution in [2.24, 2.45) is 5.92 Å². The molecule has 1 aliphatic rings. The predicted molar refractivity (Wildman–Crippen MR) is 88.7 cm³/mol. The number of aromatic nitrogens is 1. The van der Waals surface area contributed by atoms with Gasteiger partial charge in [0, 0.05) is 23.0 Å². The number of hydrogen-bond acceptors (Lipinski definition) is 2. The Morgan fingerprint density at radius 1 is 1.24 bits per heavy atom. The lowest BCUT2D eigenvalue weighted by Crippen LogP contribution is -2.42. The highest BCUT2D eigenvalue weighted by Crippen LogP contribution is 2.26. The summed E-state index contributed by atoms with van der Waals surface area (Å²) in [6, 6.07) is 9.87. The fraction of sp³-hybridized carbons (Fsp3) is 0.412. The molecule has 0 saturated heterocycles. The van der Waals surface area contributed by atoms with Crippen LogP contribution in [0.4, 0.5) is 0 Å². The molecule has 2 unspecified atom stereocenters. The minimum absolute atomic E-state index is 0.0199. The first kappa shape index (κ1) is 14.5. The molecule has 4 heteroatoms. The Labute approximate surface area is 133 Å². The first-order valence-corrected chi connectivity index (χ1v) is 8.62. The SMILES string of the molecule is O=C(NC1CCCCC1CBr)c1ccnc2ccccc12. The van der Waals surface area contributed by atoms with E-state index in [0.29, 0.717) is 5.92 Å². The summed E-state index contributed by atoms with van der Waals surface area (Å²) in [6.07, 6.45) is 6.44. The summed E-state index contributed by atoms with van der Waals surface area (Å²) >= 11 is 3.58. The van der Waals surface area contributed by atoms with Crippen molar-refractivity contribution in [1.82, 2.24) is 10.3 Å². The number of para-hydroxylation sites is 1. The molecule has 0 aliphatic heterocycles. The number of hydrogen-bond donors (Lipinski definition) is 1. The molecule has 0 bridgehead atoms. The van der Waals surface area contributed by atoms with Gasteiger partial charge in [-0.05, 0) is 30.9 Å². The third-order valence-corrected chi connectivity index (χ3v) is 5.15. The molecule has 3 nitrogen and oxygen atoms in total. The molecule has 0 spiro atoms. The maximum atomic E-state index is 12.6. The second-order valence-corrected chi connectivity index (χ2v) is 6.30. The van der Waals surface area contributed by atoms with Gasteiger partial charge >= 0.3 is 0 Å². The highest BCUT2D eigenvalue weighted by atomic mass is 79.9. The van der Waals surface area contributed by atoms with Crippen molar-refractivity contribution >= 4 is 32.7 Å². The molecule has 2 atom stereocenters. The summed E-state index contributed by atoms with van der Waals surface area (Å²) in [5.41, 5.74) is 1.59. The quantitative estimate of drug-likeness (QED) is 0.855. The van der Waals surface area contributed by atoms with Crippen LogP contribution in [0.25, 0.3) is 10.9 Å². The van der Waals surface area contributed by atoms with E-state index in [-0.39, 0.29) is 11.9 Å². The molecule has 1 saturated carbocycles. The van der Waals surface area contributed by atoms with Gasteiger partial charge in [0.1, 0.15) is 0 Å². The first-order chi connectivity index (χ1) is 10.3. The van der Waals surface area contributed by atoms with E-state index in [1.807, 2.05) is 30.3 Å². The van der Waals surface area contributed by atoms with Crippen LogP contribution in [0.2, 0.25) is 0 Å². The van der Waals surface area contributed by atoms with Crippen LogP contribution in [0.15, 0.2) is 36.5 Å². The molecule has 1 aromatic heterocycles. The molecule has 1 aromatic carbocycles. The van der Waals surface area contributed by atoms with Gasteiger partial charge in [0.2, 0.25) is 0 Å². The van der Waals surface area contributed by atoms with Crippen molar-refractivity contribution in [2.75, 3.05) is 5.33 Å². The largest absolute Gasteiger partial charge is 0.349 e. The number of benzene rings is 1. The number of nitrogens with zero attached hydrogens (tertiary/aromatic N) is 1.